The fraction of sp³-hybridized carbons (Fsp3) is 0.765. The van der Waals surface area contributed by atoms with Crippen molar-refractivity contribution in [2.45, 2.75) is 77.6 Å². The van der Waals surface area contributed by atoms with E-state index in [0.29, 0.717) is 5.92 Å². The van der Waals surface area contributed by atoms with Crippen LogP contribution in [0.25, 0.3) is 0 Å². The monoisotopic (exact) mass is 329 g/mol. The summed E-state index contributed by atoms with van der Waals surface area (Å²) in [6.45, 7) is 21.1. The second-order valence-electron chi connectivity index (χ2n) is 8.35. The molecule has 0 spiro atoms. The predicted molar refractivity (Wildman–Crippen MR) is 92.4 cm³/mol. The van der Waals surface area contributed by atoms with Gasteiger partial charge in [0.1, 0.15) is 0 Å². The molecule has 116 valence electrons. The third-order valence-corrected chi connectivity index (χ3v) is 25.9. The van der Waals surface area contributed by atoms with E-state index in [2.05, 4.69) is 75.4 Å². The van der Waals surface area contributed by atoms with E-state index in [1.54, 1.807) is 16.8 Å². The number of hydrogen-bond acceptors (Lipinski definition) is 1. The second-order valence-corrected chi connectivity index (χ2v) is 27.8. The van der Waals surface area contributed by atoms with E-state index in [1.165, 1.54) is 5.57 Å². The summed E-state index contributed by atoms with van der Waals surface area (Å²) in [4.78, 5) is 0. The van der Waals surface area contributed by atoms with Gasteiger partial charge in [-0.25, -0.2) is 0 Å². The summed E-state index contributed by atoms with van der Waals surface area (Å²) >= 11 is -1.94. The molecule has 0 aromatic heterocycles. The Hall–Kier alpha value is 0.211. The number of rotatable bonds is 3. The molecule has 0 bridgehead atoms. The molecule has 0 radical (unpaired) electrons. The van der Waals surface area contributed by atoms with Crippen LogP contribution in [-0.4, -0.2) is 15.6 Å². The third-order valence-electron chi connectivity index (χ3n) is 5.50. The molecule has 0 amide bonds. The van der Waals surface area contributed by atoms with Crippen LogP contribution >= 0.6 is 0 Å². The Bertz CT molecular complexity index is 452. The van der Waals surface area contributed by atoms with Gasteiger partial charge >= 0.3 is 132 Å². The summed E-state index contributed by atoms with van der Waals surface area (Å²) in [5.74, 6) is 0.604. The third kappa shape index (κ3) is 3.03. The summed E-state index contributed by atoms with van der Waals surface area (Å²) in [7, 11) is 0. The molecule has 0 heterocycles. The van der Waals surface area contributed by atoms with Gasteiger partial charge in [-0.15, -0.1) is 0 Å². The first-order valence-corrected chi connectivity index (χ1v) is 17.4. The summed E-state index contributed by atoms with van der Waals surface area (Å²) < 4.78 is 2.93. The van der Waals surface area contributed by atoms with Crippen molar-refractivity contribution in [2.24, 2.45) is 5.92 Å². The Morgan fingerprint density at radius 3 is 1.70 bits per heavy atom. The fourth-order valence-electron chi connectivity index (χ4n) is 3.50. The normalized spacial score (nSPS) is 21.3. The Balaban J connectivity index is 3.45. The van der Waals surface area contributed by atoms with E-state index in [-0.39, 0.29) is 5.54 Å². The summed E-state index contributed by atoms with van der Waals surface area (Å²) in [5, 5.41) is 5.27. The van der Waals surface area contributed by atoms with Crippen LogP contribution in [0.2, 0.25) is 23.6 Å². The Labute approximate surface area is 132 Å². The van der Waals surface area contributed by atoms with Crippen LogP contribution in [0, 0.1) is 5.92 Å². The zero-order valence-corrected chi connectivity index (χ0v) is 18.3. The molecule has 1 nitrogen and oxygen atoms in total. The first kappa shape index (κ1) is 18.3. The molecule has 1 rings (SSSR count). The van der Waals surface area contributed by atoms with Crippen LogP contribution < -0.4 is 0 Å². The van der Waals surface area contributed by atoms with Crippen molar-refractivity contribution in [2.75, 3.05) is 0 Å². The zero-order chi connectivity index (χ0) is 16.0. The summed E-state index contributed by atoms with van der Waals surface area (Å²) in [6, 6.07) is 0. The van der Waals surface area contributed by atoms with Gasteiger partial charge in [-0.1, -0.05) is 0 Å². The van der Waals surface area contributed by atoms with Gasteiger partial charge in [0, 0.05) is 0 Å². The van der Waals surface area contributed by atoms with Crippen LogP contribution in [0.15, 0.2) is 22.4 Å². The van der Waals surface area contributed by atoms with Gasteiger partial charge in [0.05, 0.1) is 0 Å². The molecule has 1 atom stereocenters. The number of allylic oxidation sites excluding steroid dienone is 3. The molecule has 0 fully saturated rings. The molecule has 0 aromatic rings. The second kappa shape index (κ2) is 5.78. The summed E-state index contributed by atoms with van der Waals surface area (Å²) in [6.07, 6.45) is 0. The van der Waals surface area contributed by atoms with E-state index in [9.17, 15) is 0 Å². The standard InChI is InChI=1S/C13H22N.C2H7Si.2CH3.Ti/c1-8-9(2)11(4)12(10(8)3)14-13(5,6)7;1-3-2;;;/h10H,1-7H3;3H,1-2H3;2*1H3;/q-1;;;;+1. The predicted octanol–water partition coefficient (Wildman–Crippen LogP) is 5.50. The van der Waals surface area contributed by atoms with E-state index >= 15 is 0 Å². The molecule has 0 aromatic carbocycles. The molecule has 0 saturated carbocycles. The Morgan fingerprint density at radius 1 is 1.00 bits per heavy atom. The van der Waals surface area contributed by atoms with Crippen molar-refractivity contribution in [3.8, 4) is 0 Å². The van der Waals surface area contributed by atoms with Gasteiger partial charge < -0.3 is 0 Å². The van der Waals surface area contributed by atoms with Crippen molar-refractivity contribution in [3.63, 3.8) is 0 Å². The molecular weight excluding hydrogens is 294 g/mol. The minimum absolute atomic E-state index is 0.247. The molecule has 1 aliphatic rings. The maximum absolute atomic E-state index is 2.93. The molecule has 0 N–H and O–H groups in total. The topological polar surface area (TPSA) is 3.24 Å². The Morgan fingerprint density at radius 2 is 1.45 bits per heavy atom. The quantitative estimate of drug-likeness (QED) is 0.618. The van der Waals surface area contributed by atoms with E-state index in [0.717, 1.165) is 0 Å². The first-order valence-electron chi connectivity index (χ1n) is 8.02. The Kier molecular flexibility index (Phi) is 5.27. The average molecular weight is 329 g/mol. The van der Waals surface area contributed by atoms with Gasteiger partial charge in [-0.2, -0.15) is 0 Å². The first-order chi connectivity index (χ1) is 8.83. The van der Waals surface area contributed by atoms with Gasteiger partial charge in [0.25, 0.3) is 0 Å². The van der Waals surface area contributed by atoms with Gasteiger partial charge in [0.2, 0.25) is 0 Å². The van der Waals surface area contributed by atoms with Crippen LogP contribution in [-0.2, 0) is 16.1 Å². The maximum atomic E-state index is 2.93. The zero-order valence-electron chi connectivity index (χ0n) is 15.6. The van der Waals surface area contributed by atoms with E-state index in [1.807, 2.05) is 0 Å². The van der Waals surface area contributed by atoms with Crippen molar-refractivity contribution in [1.29, 1.82) is 0 Å². The SMILES string of the molecule is CC1=C(C)C(C)C([N](C(C)(C)C)[Ti]([CH3])([CH3])[SiH](C)C)=C1C. The van der Waals surface area contributed by atoms with E-state index < -0.39 is 22.8 Å². The van der Waals surface area contributed by atoms with Crippen molar-refractivity contribution in [1.82, 2.24) is 3.38 Å². The molecule has 1 aliphatic carbocycles. The molecule has 20 heavy (non-hydrogen) atoms. The summed E-state index contributed by atoms with van der Waals surface area (Å²) in [5.41, 5.74) is 6.56. The molecule has 1 unspecified atom stereocenters. The number of nitrogens with zero attached hydrogens (tertiary/aromatic N) is 1. The van der Waals surface area contributed by atoms with Crippen LogP contribution in [0.1, 0.15) is 48.5 Å². The molecular formula is C17H35NSiTi. The minimum atomic E-state index is -1.94. The molecule has 0 aliphatic heterocycles. The van der Waals surface area contributed by atoms with Gasteiger partial charge in [-0.05, 0) is 0 Å². The fourth-order valence-corrected chi connectivity index (χ4v) is 12.8. The van der Waals surface area contributed by atoms with Gasteiger partial charge in [-0.3, -0.25) is 0 Å². The average Bonchev–Trinajstić information content (AvgIpc) is 2.45. The molecule has 0 saturated heterocycles. The van der Waals surface area contributed by atoms with Crippen LogP contribution in [0.3, 0.4) is 0 Å². The molecule has 3 heteroatoms. The van der Waals surface area contributed by atoms with Crippen molar-refractivity contribution >= 4 is 6.66 Å². The van der Waals surface area contributed by atoms with Gasteiger partial charge in [0.15, 0.2) is 0 Å². The van der Waals surface area contributed by atoms with Crippen molar-refractivity contribution in [3.05, 3.63) is 22.4 Å². The van der Waals surface area contributed by atoms with E-state index in [4.69, 9.17) is 0 Å². The van der Waals surface area contributed by atoms with Crippen LogP contribution in [0.4, 0.5) is 0 Å². The van der Waals surface area contributed by atoms with Crippen LogP contribution in [0.5, 0.6) is 0 Å². The number of hydrogen-bond donors (Lipinski definition) is 0. The van der Waals surface area contributed by atoms with Crippen molar-refractivity contribution < 1.29 is 16.1 Å².